The van der Waals surface area contributed by atoms with Gasteiger partial charge in [-0.25, -0.2) is 0 Å². The second-order valence-corrected chi connectivity index (χ2v) is 5.98. The highest BCUT2D eigenvalue weighted by atomic mass is 16.2. The highest BCUT2D eigenvalue weighted by Crippen LogP contribution is 2.17. The average molecular weight is 289 g/mol. The van der Waals surface area contributed by atoms with Crippen LogP contribution in [0.1, 0.15) is 37.8 Å². The van der Waals surface area contributed by atoms with Crippen molar-refractivity contribution in [2.24, 2.45) is 0 Å². The van der Waals surface area contributed by atoms with Crippen LogP contribution >= 0.6 is 0 Å². The molecule has 1 atom stereocenters. The quantitative estimate of drug-likeness (QED) is 0.867. The third-order valence-electron chi connectivity index (χ3n) is 4.04. The number of likely N-dealkylation sites (N-methyl/N-ethyl adjacent to an activating group) is 1. The summed E-state index contributed by atoms with van der Waals surface area (Å²) < 4.78 is 0. The molecular weight excluding hydrogens is 262 g/mol. The Morgan fingerprint density at radius 2 is 2.10 bits per heavy atom. The SMILES string of the molecule is CCNC(=O)C1CNCCN1Cc1ccc(C(C)C)cc1. The first kappa shape index (κ1) is 16.0. The largest absolute Gasteiger partial charge is 0.355 e. The molecule has 1 aliphatic rings. The summed E-state index contributed by atoms with van der Waals surface area (Å²) in [7, 11) is 0. The molecule has 2 N–H and O–H groups in total. The van der Waals surface area contributed by atoms with Crippen molar-refractivity contribution in [1.29, 1.82) is 0 Å². The fourth-order valence-electron chi connectivity index (χ4n) is 2.73. The van der Waals surface area contributed by atoms with Crippen molar-refractivity contribution >= 4 is 5.91 Å². The molecule has 0 aromatic heterocycles. The molecule has 1 unspecified atom stereocenters. The Labute approximate surface area is 127 Å². The molecule has 1 saturated heterocycles. The van der Waals surface area contributed by atoms with E-state index in [4.69, 9.17) is 0 Å². The molecule has 4 heteroatoms. The highest BCUT2D eigenvalue weighted by Gasteiger charge is 2.27. The summed E-state index contributed by atoms with van der Waals surface area (Å²) in [5.41, 5.74) is 2.63. The van der Waals surface area contributed by atoms with Crippen molar-refractivity contribution < 1.29 is 4.79 Å². The maximum absolute atomic E-state index is 12.1. The predicted octanol–water partition coefficient (Wildman–Crippen LogP) is 1.72. The lowest BCUT2D eigenvalue weighted by atomic mass is 10.0. The number of piperazine rings is 1. The van der Waals surface area contributed by atoms with Crippen LogP contribution in [0.15, 0.2) is 24.3 Å². The van der Waals surface area contributed by atoms with Gasteiger partial charge in [-0.2, -0.15) is 0 Å². The zero-order valence-corrected chi connectivity index (χ0v) is 13.4. The highest BCUT2D eigenvalue weighted by molar-refractivity contribution is 5.82. The lowest BCUT2D eigenvalue weighted by molar-refractivity contribution is -0.127. The molecule has 1 fully saturated rings. The van der Waals surface area contributed by atoms with Gasteiger partial charge in [0.1, 0.15) is 6.04 Å². The maximum atomic E-state index is 12.1. The van der Waals surface area contributed by atoms with Crippen molar-refractivity contribution in [3.05, 3.63) is 35.4 Å². The van der Waals surface area contributed by atoms with Crippen LogP contribution in [0.25, 0.3) is 0 Å². The molecular formula is C17H27N3O. The monoisotopic (exact) mass is 289 g/mol. The zero-order valence-electron chi connectivity index (χ0n) is 13.4. The number of carbonyl (C=O) groups is 1. The van der Waals surface area contributed by atoms with E-state index in [-0.39, 0.29) is 11.9 Å². The molecule has 0 bridgehead atoms. The predicted molar refractivity (Wildman–Crippen MR) is 86.3 cm³/mol. The first-order valence-electron chi connectivity index (χ1n) is 7.93. The Morgan fingerprint density at radius 1 is 1.38 bits per heavy atom. The van der Waals surface area contributed by atoms with Crippen LogP contribution in [0.3, 0.4) is 0 Å². The first-order valence-corrected chi connectivity index (χ1v) is 7.93. The topological polar surface area (TPSA) is 44.4 Å². The Bertz CT molecular complexity index is 456. The van der Waals surface area contributed by atoms with Gasteiger partial charge in [0.05, 0.1) is 0 Å². The summed E-state index contributed by atoms with van der Waals surface area (Å²) in [6.07, 6.45) is 0. The summed E-state index contributed by atoms with van der Waals surface area (Å²) in [4.78, 5) is 14.4. The van der Waals surface area contributed by atoms with Crippen LogP contribution in [-0.4, -0.2) is 43.0 Å². The molecule has 1 aromatic rings. The maximum Gasteiger partial charge on any atom is 0.238 e. The standard InChI is InChI=1S/C17H27N3O/c1-4-19-17(21)16-11-18-9-10-20(16)12-14-5-7-15(8-6-14)13(2)3/h5-8,13,16,18H,4,9-12H2,1-3H3,(H,19,21). The Kier molecular flexibility index (Phi) is 5.76. The van der Waals surface area contributed by atoms with Gasteiger partial charge in [-0.1, -0.05) is 38.1 Å². The second kappa shape index (κ2) is 7.57. The van der Waals surface area contributed by atoms with Crippen molar-refractivity contribution in [2.75, 3.05) is 26.2 Å². The minimum atomic E-state index is -0.0662. The van der Waals surface area contributed by atoms with E-state index in [2.05, 4.69) is 53.6 Å². The summed E-state index contributed by atoms with van der Waals surface area (Å²) >= 11 is 0. The van der Waals surface area contributed by atoms with E-state index in [1.165, 1.54) is 11.1 Å². The third-order valence-corrected chi connectivity index (χ3v) is 4.04. The van der Waals surface area contributed by atoms with Crippen LogP contribution in [-0.2, 0) is 11.3 Å². The normalized spacial score (nSPS) is 19.7. The lowest BCUT2D eigenvalue weighted by Gasteiger charge is -2.35. The fourth-order valence-corrected chi connectivity index (χ4v) is 2.73. The van der Waals surface area contributed by atoms with Crippen LogP contribution in [0.5, 0.6) is 0 Å². The molecule has 0 saturated carbocycles. The third kappa shape index (κ3) is 4.29. The van der Waals surface area contributed by atoms with Gasteiger partial charge in [0.25, 0.3) is 0 Å². The summed E-state index contributed by atoms with van der Waals surface area (Å²) in [5, 5.41) is 6.25. The van der Waals surface area contributed by atoms with Gasteiger partial charge < -0.3 is 10.6 Å². The lowest BCUT2D eigenvalue weighted by Crippen LogP contribution is -2.57. The van der Waals surface area contributed by atoms with Crippen LogP contribution in [0.2, 0.25) is 0 Å². The number of rotatable bonds is 5. The van der Waals surface area contributed by atoms with Gasteiger partial charge in [0.15, 0.2) is 0 Å². The van der Waals surface area contributed by atoms with E-state index in [0.29, 0.717) is 12.5 Å². The van der Waals surface area contributed by atoms with Gasteiger partial charge in [0.2, 0.25) is 5.91 Å². The number of nitrogens with zero attached hydrogens (tertiary/aromatic N) is 1. The molecule has 1 amide bonds. The molecule has 0 spiro atoms. The van der Waals surface area contributed by atoms with E-state index < -0.39 is 0 Å². The number of hydrogen-bond donors (Lipinski definition) is 2. The minimum Gasteiger partial charge on any atom is -0.355 e. The minimum absolute atomic E-state index is 0.0662. The number of amides is 1. The van der Waals surface area contributed by atoms with Crippen molar-refractivity contribution in [3.63, 3.8) is 0 Å². The molecule has 0 aliphatic carbocycles. The Morgan fingerprint density at radius 3 is 2.71 bits per heavy atom. The van der Waals surface area contributed by atoms with Crippen molar-refractivity contribution in [1.82, 2.24) is 15.5 Å². The van der Waals surface area contributed by atoms with E-state index in [0.717, 1.165) is 26.2 Å². The molecule has 0 radical (unpaired) electrons. The van der Waals surface area contributed by atoms with Crippen LogP contribution in [0, 0.1) is 0 Å². The number of benzene rings is 1. The van der Waals surface area contributed by atoms with Crippen molar-refractivity contribution in [3.8, 4) is 0 Å². The molecule has 1 aliphatic heterocycles. The molecule has 1 heterocycles. The van der Waals surface area contributed by atoms with Crippen LogP contribution < -0.4 is 10.6 Å². The number of carbonyl (C=O) groups excluding carboxylic acids is 1. The summed E-state index contributed by atoms with van der Waals surface area (Å²) in [6, 6.07) is 8.70. The van der Waals surface area contributed by atoms with Crippen molar-refractivity contribution in [2.45, 2.75) is 39.3 Å². The van der Waals surface area contributed by atoms with E-state index in [9.17, 15) is 4.79 Å². The fraction of sp³-hybridized carbons (Fsp3) is 0.588. The average Bonchev–Trinajstić information content (AvgIpc) is 2.48. The Hall–Kier alpha value is -1.39. The Balaban J connectivity index is 2.03. The summed E-state index contributed by atoms with van der Waals surface area (Å²) in [5.74, 6) is 0.685. The van der Waals surface area contributed by atoms with Gasteiger partial charge in [-0.15, -0.1) is 0 Å². The van der Waals surface area contributed by atoms with Gasteiger partial charge >= 0.3 is 0 Å². The van der Waals surface area contributed by atoms with E-state index in [1.54, 1.807) is 0 Å². The van der Waals surface area contributed by atoms with Gasteiger partial charge in [-0.05, 0) is 24.0 Å². The molecule has 21 heavy (non-hydrogen) atoms. The molecule has 4 nitrogen and oxygen atoms in total. The smallest absolute Gasteiger partial charge is 0.238 e. The second-order valence-electron chi connectivity index (χ2n) is 5.98. The number of nitrogens with one attached hydrogen (secondary N) is 2. The van der Waals surface area contributed by atoms with Gasteiger partial charge in [0, 0.05) is 32.7 Å². The van der Waals surface area contributed by atoms with Crippen LogP contribution in [0.4, 0.5) is 0 Å². The molecule has 116 valence electrons. The van der Waals surface area contributed by atoms with E-state index in [1.807, 2.05) is 6.92 Å². The zero-order chi connectivity index (χ0) is 15.2. The van der Waals surface area contributed by atoms with E-state index >= 15 is 0 Å². The number of hydrogen-bond acceptors (Lipinski definition) is 3. The summed E-state index contributed by atoms with van der Waals surface area (Å²) in [6.45, 7) is 10.5. The first-order chi connectivity index (χ1) is 10.1. The van der Waals surface area contributed by atoms with Gasteiger partial charge in [-0.3, -0.25) is 9.69 Å². The molecule has 1 aromatic carbocycles. The molecule has 2 rings (SSSR count).